The van der Waals surface area contributed by atoms with Gasteiger partial charge in [0.25, 0.3) is 0 Å². The van der Waals surface area contributed by atoms with E-state index in [-0.39, 0.29) is 6.61 Å². The molecule has 164 valence electrons. The molecule has 0 saturated heterocycles. The summed E-state index contributed by atoms with van der Waals surface area (Å²) in [5, 5.41) is 5.27. The molecule has 7 heteroatoms. The van der Waals surface area contributed by atoms with Crippen molar-refractivity contribution in [1.82, 2.24) is 9.78 Å². The van der Waals surface area contributed by atoms with E-state index in [0.29, 0.717) is 27.8 Å². The third kappa shape index (κ3) is 5.66. The number of carbonyl (C=O) groups excluding carboxylic acids is 1. The van der Waals surface area contributed by atoms with Gasteiger partial charge in [-0.05, 0) is 36.8 Å². The number of aromatic nitrogens is 2. The smallest absolute Gasteiger partial charge is 0.344 e. The predicted octanol–water partition coefficient (Wildman–Crippen LogP) is 6.48. The lowest BCUT2D eigenvalue weighted by Gasteiger charge is -2.04. The van der Waals surface area contributed by atoms with Crippen LogP contribution in [-0.2, 0) is 10.5 Å². The third-order valence-corrected chi connectivity index (χ3v) is 5.66. The monoisotopic (exact) mass is 454 g/mol. The number of esters is 1. The van der Waals surface area contributed by atoms with E-state index < -0.39 is 5.97 Å². The molecule has 0 aliphatic rings. The summed E-state index contributed by atoms with van der Waals surface area (Å²) < 4.78 is 6.98. The topological polar surface area (TPSA) is 68.8 Å². The Hall–Kier alpha value is -3.93. The van der Waals surface area contributed by atoms with Crippen LogP contribution < -0.4 is 0 Å². The normalized spacial score (nSPS) is 10.3. The molecule has 0 fully saturated rings. The summed E-state index contributed by atoms with van der Waals surface area (Å²) in [4.78, 5) is 21.7. The highest BCUT2D eigenvalue weighted by molar-refractivity contribution is 7.98. The van der Waals surface area contributed by atoms with Gasteiger partial charge in [0.05, 0.1) is 18.0 Å². The standard InChI is InChI=1S/C26H22N4O2S/c1-2-32-26(31)23-24(28-19-27-21-14-8-4-9-15-21)30(22-16-10-5-11-17-22)29-25(23)33-18-20-12-6-3-7-13-20/h3-17H,2,18H2,1H3. The number of hydrogen-bond donors (Lipinski definition) is 0. The van der Waals surface area contributed by atoms with E-state index in [0.717, 1.165) is 11.3 Å². The number of rotatable bonds is 8. The van der Waals surface area contributed by atoms with E-state index >= 15 is 0 Å². The number of benzene rings is 3. The first-order valence-electron chi connectivity index (χ1n) is 10.5. The molecule has 4 rings (SSSR count). The largest absolute Gasteiger partial charge is 0.462 e. The number of nitrogens with zero attached hydrogens (tertiary/aromatic N) is 4. The van der Waals surface area contributed by atoms with E-state index in [1.165, 1.54) is 11.8 Å². The van der Waals surface area contributed by atoms with Crippen molar-refractivity contribution in [2.75, 3.05) is 6.61 Å². The molecule has 3 aromatic carbocycles. The second kappa shape index (κ2) is 11.1. The van der Waals surface area contributed by atoms with E-state index in [4.69, 9.17) is 9.84 Å². The van der Waals surface area contributed by atoms with Gasteiger partial charge in [-0.1, -0.05) is 78.5 Å². The van der Waals surface area contributed by atoms with Gasteiger partial charge in [0.2, 0.25) is 0 Å². The summed E-state index contributed by atoms with van der Waals surface area (Å²) in [6.07, 6.45) is 0. The van der Waals surface area contributed by atoms with Gasteiger partial charge < -0.3 is 4.74 Å². The lowest BCUT2D eigenvalue weighted by molar-refractivity contribution is 0.0523. The molecule has 0 N–H and O–H groups in total. The molecule has 0 amide bonds. The average Bonchev–Trinajstić information content (AvgIpc) is 3.23. The van der Waals surface area contributed by atoms with Gasteiger partial charge in [0.15, 0.2) is 5.82 Å². The van der Waals surface area contributed by atoms with Crippen molar-refractivity contribution in [3.8, 4) is 5.69 Å². The minimum absolute atomic E-state index is 0.249. The zero-order valence-electron chi connectivity index (χ0n) is 18.1. The van der Waals surface area contributed by atoms with E-state index in [1.807, 2.05) is 91.0 Å². The molecule has 0 aliphatic carbocycles. The molecule has 1 heterocycles. The number of ether oxygens (including phenoxy) is 1. The summed E-state index contributed by atoms with van der Waals surface area (Å²) in [5.74, 6) is 0.505. The Morgan fingerprint density at radius 2 is 1.58 bits per heavy atom. The van der Waals surface area contributed by atoms with Gasteiger partial charge in [-0.3, -0.25) is 0 Å². The van der Waals surface area contributed by atoms with Crippen molar-refractivity contribution in [2.45, 2.75) is 17.7 Å². The average molecular weight is 455 g/mol. The molecule has 0 saturated carbocycles. The Bertz CT molecular complexity index is 1270. The SMILES string of the molecule is CCOC(=O)c1c(SCc2ccccc2)nn(-c2ccccc2)c1N=C=Nc1ccccc1. The van der Waals surface area contributed by atoms with Crippen molar-refractivity contribution >= 4 is 35.2 Å². The number of thioether (sulfide) groups is 1. The van der Waals surface area contributed by atoms with Crippen LogP contribution in [0.4, 0.5) is 11.5 Å². The van der Waals surface area contributed by atoms with Crippen molar-refractivity contribution in [3.05, 3.63) is 102 Å². The molecule has 4 aromatic rings. The van der Waals surface area contributed by atoms with Crippen molar-refractivity contribution < 1.29 is 9.53 Å². The van der Waals surface area contributed by atoms with Crippen LogP contribution in [-0.4, -0.2) is 28.4 Å². The maximum Gasteiger partial charge on any atom is 0.344 e. The second-order valence-corrected chi connectivity index (χ2v) is 7.87. The van der Waals surface area contributed by atoms with Crippen LogP contribution in [0.5, 0.6) is 0 Å². The minimum Gasteiger partial charge on any atom is -0.462 e. The highest BCUT2D eigenvalue weighted by atomic mass is 32.2. The minimum atomic E-state index is -0.476. The summed E-state index contributed by atoms with van der Waals surface area (Å²) in [7, 11) is 0. The van der Waals surface area contributed by atoms with Gasteiger partial charge >= 0.3 is 5.97 Å². The number of carbonyl (C=O) groups is 1. The van der Waals surface area contributed by atoms with Crippen LogP contribution in [0.3, 0.4) is 0 Å². The number of aliphatic imine (C=N–C) groups is 2. The highest BCUT2D eigenvalue weighted by Crippen LogP contribution is 2.34. The second-order valence-electron chi connectivity index (χ2n) is 6.91. The highest BCUT2D eigenvalue weighted by Gasteiger charge is 2.26. The summed E-state index contributed by atoms with van der Waals surface area (Å²) in [5.41, 5.74) is 2.91. The van der Waals surface area contributed by atoms with Crippen LogP contribution in [0, 0.1) is 0 Å². The van der Waals surface area contributed by atoms with E-state index in [2.05, 4.69) is 16.0 Å². The van der Waals surface area contributed by atoms with Gasteiger partial charge in [-0.15, -0.1) is 0 Å². The van der Waals surface area contributed by atoms with Crippen LogP contribution in [0.1, 0.15) is 22.8 Å². The van der Waals surface area contributed by atoms with Crippen LogP contribution in [0.15, 0.2) is 106 Å². The molecule has 6 nitrogen and oxygen atoms in total. The van der Waals surface area contributed by atoms with Crippen LogP contribution >= 0.6 is 11.8 Å². The van der Waals surface area contributed by atoms with Crippen LogP contribution in [0.2, 0.25) is 0 Å². The number of para-hydroxylation sites is 2. The lowest BCUT2D eigenvalue weighted by Crippen LogP contribution is -2.05. The maximum atomic E-state index is 13.0. The predicted molar refractivity (Wildman–Crippen MR) is 131 cm³/mol. The lowest BCUT2D eigenvalue weighted by atomic mass is 10.2. The molecular formula is C26H22N4O2S. The molecule has 1 aromatic heterocycles. The first-order chi connectivity index (χ1) is 16.3. The molecule has 0 bridgehead atoms. The Balaban J connectivity index is 1.80. The van der Waals surface area contributed by atoms with Crippen molar-refractivity contribution in [3.63, 3.8) is 0 Å². The Kier molecular flexibility index (Phi) is 7.48. The van der Waals surface area contributed by atoms with Crippen molar-refractivity contribution in [2.24, 2.45) is 9.98 Å². The molecule has 0 unspecified atom stereocenters. The Labute approximate surface area is 196 Å². The molecule has 0 aliphatic heterocycles. The number of hydrogen-bond acceptors (Lipinski definition) is 6. The summed E-state index contributed by atoms with van der Waals surface area (Å²) in [6.45, 7) is 2.02. The van der Waals surface area contributed by atoms with Gasteiger partial charge in [0.1, 0.15) is 16.6 Å². The Morgan fingerprint density at radius 1 is 0.939 bits per heavy atom. The van der Waals surface area contributed by atoms with Crippen molar-refractivity contribution in [1.29, 1.82) is 0 Å². The first kappa shape index (κ1) is 22.3. The van der Waals surface area contributed by atoms with E-state index in [9.17, 15) is 4.79 Å². The maximum absolute atomic E-state index is 13.0. The van der Waals surface area contributed by atoms with Crippen LogP contribution in [0.25, 0.3) is 5.69 Å². The van der Waals surface area contributed by atoms with Gasteiger partial charge in [0, 0.05) is 5.75 Å². The fourth-order valence-corrected chi connectivity index (χ4v) is 4.04. The fourth-order valence-electron chi connectivity index (χ4n) is 3.08. The zero-order chi connectivity index (χ0) is 22.9. The molecule has 0 spiro atoms. The zero-order valence-corrected chi connectivity index (χ0v) is 18.9. The summed E-state index contributed by atoms with van der Waals surface area (Å²) >= 11 is 1.46. The molecule has 33 heavy (non-hydrogen) atoms. The third-order valence-electron chi connectivity index (χ3n) is 4.62. The first-order valence-corrected chi connectivity index (χ1v) is 11.5. The molecule has 0 radical (unpaired) electrons. The summed E-state index contributed by atoms with van der Waals surface area (Å²) in [6, 6.07) is 31.7. The fraction of sp³-hybridized carbons (Fsp3) is 0.115. The quantitative estimate of drug-likeness (QED) is 0.174. The van der Waals surface area contributed by atoms with Gasteiger partial charge in [-0.25, -0.2) is 9.48 Å². The van der Waals surface area contributed by atoms with Gasteiger partial charge in [-0.2, -0.15) is 15.1 Å². The molecule has 0 atom stereocenters. The molecular weight excluding hydrogens is 432 g/mol. The van der Waals surface area contributed by atoms with E-state index in [1.54, 1.807) is 11.6 Å². The Morgan fingerprint density at radius 3 is 2.24 bits per heavy atom.